The number of aromatic nitrogens is 1. The van der Waals surface area contributed by atoms with Gasteiger partial charge in [-0.3, -0.25) is 0 Å². The second-order valence-electron chi connectivity index (χ2n) is 6.97. The minimum atomic E-state index is -3.24. The van der Waals surface area contributed by atoms with Gasteiger partial charge in [0.1, 0.15) is 5.01 Å². The van der Waals surface area contributed by atoms with Gasteiger partial charge in [-0.1, -0.05) is 24.3 Å². The molecule has 2 amide bonds. The predicted molar refractivity (Wildman–Crippen MR) is 117 cm³/mol. The first-order valence-electron chi connectivity index (χ1n) is 9.38. The van der Waals surface area contributed by atoms with Crippen molar-refractivity contribution in [3.05, 3.63) is 48.5 Å². The van der Waals surface area contributed by atoms with Crippen molar-refractivity contribution in [2.24, 2.45) is 0 Å². The highest BCUT2D eigenvalue weighted by atomic mass is 32.2. The van der Waals surface area contributed by atoms with Gasteiger partial charge in [0, 0.05) is 31.7 Å². The van der Waals surface area contributed by atoms with Crippen molar-refractivity contribution in [3.63, 3.8) is 0 Å². The summed E-state index contributed by atoms with van der Waals surface area (Å²) >= 11 is 1.58. The van der Waals surface area contributed by atoms with Crippen LogP contribution in [0.25, 0.3) is 20.8 Å². The van der Waals surface area contributed by atoms with E-state index in [0.29, 0.717) is 38.3 Å². The summed E-state index contributed by atoms with van der Waals surface area (Å²) in [5.74, 6) is 0. The number of nitrogens with one attached hydrogen (secondary N) is 1. The van der Waals surface area contributed by atoms with E-state index in [9.17, 15) is 13.2 Å². The van der Waals surface area contributed by atoms with Crippen molar-refractivity contribution in [1.82, 2.24) is 14.2 Å². The molecule has 4 rings (SSSR count). The Morgan fingerprint density at radius 3 is 2.59 bits per heavy atom. The molecule has 1 N–H and O–H groups in total. The number of rotatable bonds is 3. The summed E-state index contributed by atoms with van der Waals surface area (Å²) in [6.07, 6.45) is 1.82. The highest BCUT2D eigenvalue weighted by Crippen LogP contribution is 2.34. The first kappa shape index (κ1) is 19.8. The van der Waals surface area contributed by atoms with Gasteiger partial charge in [0.2, 0.25) is 10.0 Å². The number of fused-ring (bicyclic) bond motifs is 1. The quantitative estimate of drug-likeness (QED) is 0.690. The average molecular weight is 431 g/mol. The Hall–Kier alpha value is -2.49. The highest BCUT2D eigenvalue weighted by molar-refractivity contribution is 7.88. The van der Waals surface area contributed by atoms with Crippen LogP contribution in [-0.2, 0) is 10.0 Å². The standard InChI is InChI=1S/C20H22N4O3S2/c1-29(26,27)24-12-6-11-23(13-14-24)20(25)22-16-8-3-2-7-15(16)19-21-17-9-4-5-10-18(17)28-19/h2-5,7-10H,6,11-14H2,1H3,(H,22,25). The van der Waals surface area contributed by atoms with Gasteiger partial charge in [0.25, 0.3) is 0 Å². The van der Waals surface area contributed by atoms with Gasteiger partial charge in [0.15, 0.2) is 0 Å². The van der Waals surface area contributed by atoms with E-state index in [2.05, 4.69) is 5.32 Å². The number of thiazole rings is 1. The van der Waals surface area contributed by atoms with E-state index in [4.69, 9.17) is 4.98 Å². The summed E-state index contributed by atoms with van der Waals surface area (Å²) < 4.78 is 26.1. The number of carbonyl (C=O) groups is 1. The fourth-order valence-corrected chi connectivity index (χ4v) is 5.27. The minimum absolute atomic E-state index is 0.228. The van der Waals surface area contributed by atoms with Gasteiger partial charge in [-0.15, -0.1) is 11.3 Å². The van der Waals surface area contributed by atoms with Crippen LogP contribution in [0.3, 0.4) is 0 Å². The van der Waals surface area contributed by atoms with E-state index < -0.39 is 10.0 Å². The van der Waals surface area contributed by atoms with E-state index >= 15 is 0 Å². The van der Waals surface area contributed by atoms with E-state index in [1.165, 1.54) is 10.6 Å². The van der Waals surface area contributed by atoms with Gasteiger partial charge in [-0.05, 0) is 30.7 Å². The third-order valence-electron chi connectivity index (χ3n) is 4.90. The van der Waals surface area contributed by atoms with Gasteiger partial charge in [-0.25, -0.2) is 22.5 Å². The van der Waals surface area contributed by atoms with Gasteiger partial charge < -0.3 is 10.2 Å². The molecule has 3 aromatic rings. The summed E-state index contributed by atoms with van der Waals surface area (Å²) in [6, 6.07) is 15.3. The lowest BCUT2D eigenvalue weighted by atomic mass is 10.2. The normalized spacial score (nSPS) is 16.0. The number of urea groups is 1. The molecule has 1 saturated heterocycles. The number of sulfonamides is 1. The Bertz CT molecular complexity index is 1110. The molecule has 152 valence electrons. The molecule has 9 heteroatoms. The minimum Gasteiger partial charge on any atom is -0.323 e. The maximum atomic E-state index is 12.9. The van der Waals surface area contributed by atoms with Crippen LogP contribution in [-0.4, -0.2) is 61.1 Å². The van der Waals surface area contributed by atoms with Gasteiger partial charge in [0.05, 0.1) is 22.2 Å². The van der Waals surface area contributed by atoms with Crippen molar-refractivity contribution >= 4 is 43.3 Å². The van der Waals surface area contributed by atoms with Crippen LogP contribution in [0.2, 0.25) is 0 Å². The lowest BCUT2D eigenvalue weighted by molar-refractivity contribution is 0.214. The van der Waals surface area contributed by atoms with Gasteiger partial charge in [-0.2, -0.15) is 0 Å². The summed E-state index contributed by atoms with van der Waals surface area (Å²) in [7, 11) is -3.24. The van der Waals surface area contributed by atoms with Crippen LogP contribution in [0.5, 0.6) is 0 Å². The zero-order valence-electron chi connectivity index (χ0n) is 16.0. The number of carbonyl (C=O) groups excluding carboxylic acids is 1. The Labute approximate surface area is 174 Å². The molecule has 0 saturated carbocycles. The zero-order chi connectivity index (χ0) is 20.4. The SMILES string of the molecule is CS(=O)(=O)N1CCCN(C(=O)Nc2ccccc2-c2nc3ccccc3s2)CC1. The first-order chi connectivity index (χ1) is 13.9. The molecule has 1 aliphatic rings. The number of para-hydroxylation sites is 2. The number of amides is 2. The third-order valence-corrected chi connectivity index (χ3v) is 7.28. The number of nitrogens with zero attached hydrogens (tertiary/aromatic N) is 3. The predicted octanol–water partition coefficient (Wildman–Crippen LogP) is 3.46. The van der Waals surface area contributed by atoms with Crippen LogP contribution in [0.4, 0.5) is 10.5 Å². The lowest BCUT2D eigenvalue weighted by Gasteiger charge is -2.22. The molecule has 0 unspecified atom stereocenters. The fourth-order valence-electron chi connectivity index (χ4n) is 3.39. The van der Waals surface area contributed by atoms with E-state index in [1.807, 2.05) is 48.5 Å². The Morgan fingerprint density at radius 1 is 1.03 bits per heavy atom. The molecule has 1 fully saturated rings. The molecule has 0 bridgehead atoms. The second kappa shape index (κ2) is 8.10. The Morgan fingerprint density at radius 2 is 1.79 bits per heavy atom. The summed E-state index contributed by atoms with van der Waals surface area (Å²) in [6.45, 7) is 1.63. The maximum Gasteiger partial charge on any atom is 0.321 e. The largest absolute Gasteiger partial charge is 0.323 e. The molecular weight excluding hydrogens is 408 g/mol. The zero-order valence-corrected chi connectivity index (χ0v) is 17.7. The van der Waals surface area contributed by atoms with Crippen LogP contribution in [0, 0.1) is 0 Å². The van der Waals surface area contributed by atoms with Crippen LogP contribution >= 0.6 is 11.3 Å². The molecule has 2 heterocycles. The molecule has 0 atom stereocenters. The molecule has 7 nitrogen and oxygen atoms in total. The van der Waals surface area contributed by atoms with Crippen LogP contribution in [0.15, 0.2) is 48.5 Å². The number of hydrogen-bond donors (Lipinski definition) is 1. The molecule has 0 spiro atoms. The molecule has 0 radical (unpaired) electrons. The molecule has 1 aliphatic heterocycles. The average Bonchev–Trinajstić information content (AvgIpc) is 2.95. The molecule has 0 aliphatic carbocycles. The summed E-state index contributed by atoms with van der Waals surface area (Å²) in [5.41, 5.74) is 2.50. The van der Waals surface area contributed by atoms with E-state index in [1.54, 1.807) is 16.2 Å². The molecule has 29 heavy (non-hydrogen) atoms. The fraction of sp³-hybridized carbons (Fsp3) is 0.300. The van der Waals surface area contributed by atoms with Crippen molar-refractivity contribution in [2.75, 3.05) is 37.8 Å². The van der Waals surface area contributed by atoms with Crippen molar-refractivity contribution in [2.45, 2.75) is 6.42 Å². The summed E-state index contributed by atoms with van der Waals surface area (Å²) in [4.78, 5) is 19.2. The monoisotopic (exact) mass is 430 g/mol. The van der Waals surface area contributed by atoms with E-state index in [-0.39, 0.29) is 6.03 Å². The number of benzene rings is 2. The molecular formula is C20H22N4O3S2. The van der Waals surface area contributed by atoms with Crippen molar-refractivity contribution in [1.29, 1.82) is 0 Å². The number of anilines is 1. The maximum absolute atomic E-state index is 12.9. The van der Waals surface area contributed by atoms with Crippen molar-refractivity contribution in [3.8, 4) is 10.6 Å². The Kier molecular flexibility index (Phi) is 5.53. The van der Waals surface area contributed by atoms with Crippen molar-refractivity contribution < 1.29 is 13.2 Å². The van der Waals surface area contributed by atoms with Crippen LogP contribution < -0.4 is 5.32 Å². The topological polar surface area (TPSA) is 82.6 Å². The summed E-state index contributed by atoms with van der Waals surface area (Å²) in [5, 5.41) is 3.84. The smallest absolute Gasteiger partial charge is 0.321 e. The second-order valence-corrected chi connectivity index (χ2v) is 9.98. The number of hydrogen-bond acceptors (Lipinski definition) is 5. The van der Waals surface area contributed by atoms with Crippen LogP contribution in [0.1, 0.15) is 6.42 Å². The lowest BCUT2D eigenvalue weighted by Crippen LogP contribution is -2.39. The highest BCUT2D eigenvalue weighted by Gasteiger charge is 2.24. The van der Waals surface area contributed by atoms with Gasteiger partial charge >= 0.3 is 6.03 Å². The molecule has 1 aromatic heterocycles. The third kappa shape index (κ3) is 4.42. The first-order valence-corrected chi connectivity index (χ1v) is 12.0. The van der Waals surface area contributed by atoms with E-state index in [0.717, 1.165) is 20.8 Å². The molecule has 2 aromatic carbocycles. The Balaban J connectivity index is 1.53.